The largest absolute Gasteiger partial charge is 0.350 e. The molecule has 1 aromatic carbocycles. The molecule has 2 N–H and O–H groups in total. The topological polar surface area (TPSA) is 55.0 Å². The average Bonchev–Trinajstić information content (AvgIpc) is 2.70. The van der Waals surface area contributed by atoms with Crippen LogP contribution in [0.2, 0.25) is 0 Å². The van der Waals surface area contributed by atoms with Gasteiger partial charge in [-0.15, -0.1) is 0 Å². The Morgan fingerprint density at radius 2 is 1.79 bits per heavy atom. The van der Waals surface area contributed by atoms with Gasteiger partial charge in [-0.1, -0.05) is 12.1 Å². The summed E-state index contributed by atoms with van der Waals surface area (Å²) in [5, 5.41) is 1.16. The van der Waals surface area contributed by atoms with Crippen molar-refractivity contribution >= 4 is 16.7 Å². The Labute approximate surface area is 112 Å². The SMILES string of the molecule is NC1CC2CCC(C1)N2c1ncnc2ccccc12. The maximum Gasteiger partial charge on any atom is 0.140 e. The lowest BCUT2D eigenvalue weighted by Gasteiger charge is -2.39. The normalized spacial score (nSPS) is 29.9. The summed E-state index contributed by atoms with van der Waals surface area (Å²) in [5.74, 6) is 1.10. The number of hydrogen-bond donors (Lipinski definition) is 1. The van der Waals surface area contributed by atoms with Gasteiger partial charge >= 0.3 is 0 Å². The number of fused-ring (bicyclic) bond motifs is 3. The minimum absolute atomic E-state index is 0.363. The van der Waals surface area contributed by atoms with Gasteiger partial charge in [-0.25, -0.2) is 9.97 Å². The van der Waals surface area contributed by atoms with Crippen molar-refractivity contribution in [1.29, 1.82) is 0 Å². The number of nitrogens with two attached hydrogens (primary N) is 1. The van der Waals surface area contributed by atoms with E-state index in [0.717, 1.165) is 29.6 Å². The van der Waals surface area contributed by atoms with Gasteiger partial charge in [-0.3, -0.25) is 0 Å². The molecule has 2 aliphatic heterocycles. The van der Waals surface area contributed by atoms with Crippen molar-refractivity contribution in [1.82, 2.24) is 9.97 Å². The average molecular weight is 254 g/mol. The Balaban J connectivity index is 1.83. The zero-order valence-electron chi connectivity index (χ0n) is 10.9. The molecule has 4 nitrogen and oxygen atoms in total. The molecule has 2 aliphatic rings. The van der Waals surface area contributed by atoms with Crippen LogP contribution in [0.1, 0.15) is 25.7 Å². The summed E-state index contributed by atoms with van der Waals surface area (Å²) >= 11 is 0. The van der Waals surface area contributed by atoms with Crippen LogP contribution in [-0.2, 0) is 0 Å². The van der Waals surface area contributed by atoms with E-state index in [-0.39, 0.29) is 0 Å². The third kappa shape index (κ3) is 1.70. The van der Waals surface area contributed by atoms with Crippen LogP contribution >= 0.6 is 0 Å². The van der Waals surface area contributed by atoms with E-state index in [4.69, 9.17) is 5.73 Å². The minimum atomic E-state index is 0.363. The van der Waals surface area contributed by atoms with Gasteiger partial charge in [-0.05, 0) is 37.8 Å². The fraction of sp³-hybridized carbons (Fsp3) is 0.467. The van der Waals surface area contributed by atoms with Crippen LogP contribution < -0.4 is 10.6 Å². The fourth-order valence-electron chi connectivity index (χ4n) is 3.76. The van der Waals surface area contributed by atoms with Crippen molar-refractivity contribution in [2.24, 2.45) is 5.73 Å². The number of aromatic nitrogens is 2. The van der Waals surface area contributed by atoms with Gasteiger partial charge in [0.2, 0.25) is 0 Å². The van der Waals surface area contributed by atoms with Gasteiger partial charge in [0.05, 0.1) is 5.52 Å². The highest BCUT2D eigenvalue weighted by Gasteiger charge is 2.40. The van der Waals surface area contributed by atoms with Crippen LogP contribution in [0.15, 0.2) is 30.6 Å². The zero-order valence-corrected chi connectivity index (χ0v) is 10.9. The molecule has 2 bridgehead atoms. The van der Waals surface area contributed by atoms with Crippen LogP contribution in [0.5, 0.6) is 0 Å². The molecule has 98 valence electrons. The maximum atomic E-state index is 6.15. The lowest BCUT2D eigenvalue weighted by Crippen LogP contribution is -2.48. The molecule has 2 aromatic rings. The molecule has 0 aliphatic carbocycles. The quantitative estimate of drug-likeness (QED) is 0.846. The fourth-order valence-corrected chi connectivity index (χ4v) is 3.76. The number of piperidine rings is 1. The molecule has 19 heavy (non-hydrogen) atoms. The third-order valence-corrected chi connectivity index (χ3v) is 4.54. The number of hydrogen-bond acceptors (Lipinski definition) is 4. The van der Waals surface area contributed by atoms with Gasteiger partial charge < -0.3 is 10.6 Å². The zero-order chi connectivity index (χ0) is 12.8. The Morgan fingerprint density at radius 3 is 2.58 bits per heavy atom. The molecule has 2 saturated heterocycles. The van der Waals surface area contributed by atoms with Crippen molar-refractivity contribution in [3.05, 3.63) is 30.6 Å². The highest BCUT2D eigenvalue weighted by molar-refractivity contribution is 5.89. The number of benzene rings is 1. The molecular weight excluding hydrogens is 236 g/mol. The molecule has 1 aromatic heterocycles. The van der Waals surface area contributed by atoms with E-state index in [9.17, 15) is 0 Å². The van der Waals surface area contributed by atoms with Gasteiger partial charge in [0.25, 0.3) is 0 Å². The first-order valence-electron chi connectivity index (χ1n) is 7.06. The van der Waals surface area contributed by atoms with Gasteiger partial charge in [-0.2, -0.15) is 0 Å². The van der Waals surface area contributed by atoms with Crippen LogP contribution in [0.3, 0.4) is 0 Å². The maximum absolute atomic E-state index is 6.15. The molecule has 3 heterocycles. The Hall–Kier alpha value is -1.68. The summed E-state index contributed by atoms with van der Waals surface area (Å²) in [4.78, 5) is 11.4. The number of rotatable bonds is 1. The number of nitrogens with zero attached hydrogens (tertiary/aromatic N) is 3. The van der Waals surface area contributed by atoms with E-state index in [1.807, 2.05) is 6.07 Å². The van der Waals surface area contributed by atoms with E-state index < -0.39 is 0 Å². The summed E-state index contributed by atoms with van der Waals surface area (Å²) in [6, 6.07) is 9.75. The lowest BCUT2D eigenvalue weighted by atomic mass is 9.98. The van der Waals surface area contributed by atoms with Crippen LogP contribution in [0.4, 0.5) is 5.82 Å². The summed E-state index contributed by atoms with van der Waals surface area (Å²) in [5.41, 5.74) is 7.18. The smallest absolute Gasteiger partial charge is 0.140 e. The van der Waals surface area contributed by atoms with Crippen molar-refractivity contribution < 1.29 is 0 Å². The highest BCUT2D eigenvalue weighted by Crippen LogP contribution is 2.39. The van der Waals surface area contributed by atoms with E-state index in [1.165, 1.54) is 12.8 Å². The van der Waals surface area contributed by atoms with Crippen molar-refractivity contribution in [3.8, 4) is 0 Å². The van der Waals surface area contributed by atoms with Crippen molar-refractivity contribution in [3.63, 3.8) is 0 Å². The predicted molar refractivity (Wildman–Crippen MR) is 76.0 cm³/mol. The van der Waals surface area contributed by atoms with Crippen molar-refractivity contribution in [2.45, 2.75) is 43.8 Å². The number of para-hydroxylation sites is 1. The molecule has 0 amide bonds. The van der Waals surface area contributed by atoms with E-state index >= 15 is 0 Å². The first kappa shape index (κ1) is 11.2. The Bertz CT molecular complexity index is 593. The molecule has 0 saturated carbocycles. The molecule has 0 spiro atoms. The molecule has 2 unspecified atom stereocenters. The summed E-state index contributed by atoms with van der Waals surface area (Å²) in [6.07, 6.45) is 6.36. The molecule has 2 atom stereocenters. The van der Waals surface area contributed by atoms with Crippen LogP contribution in [-0.4, -0.2) is 28.1 Å². The molecular formula is C15H18N4. The van der Waals surface area contributed by atoms with Crippen molar-refractivity contribution in [2.75, 3.05) is 4.90 Å². The van der Waals surface area contributed by atoms with Gasteiger partial charge in [0.15, 0.2) is 0 Å². The van der Waals surface area contributed by atoms with Gasteiger partial charge in [0, 0.05) is 23.5 Å². The third-order valence-electron chi connectivity index (χ3n) is 4.54. The second-order valence-corrected chi connectivity index (χ2v) is 5.74. The monoisotopic (exact) mass is 254 g/mol. The molecule has 4 heteroatoms. The summed E-state index contributed by atoms with van der Waals surface area (Å²) < 4.78 is 0. The molecule has 4 rings (SSSR count). The summed E-state index contributed by atoms with van der Waals surface area (Å²) in [7, 11) is 0. The van der Waals surface area contributed by atoms with E-state index in [1.54, 1.807) is 6.33 Å². The molecule has 0 radical (unpaired) electrons. The Morgan fingerprint density at radius 1 is 1.05 bits per heavy atom. The minimum Gasteiger partial charge on any atom is -0.350 e. The van der Waals surface area contributed by atoms with E-state index in [2.05, 4.69) is 33.1 Å². The predicted octanol–water partition coefficient (Wildman–Crippen LogP) is 2.09. The number of anilines is 1. The summed E-state index contributed by atoms with van der Waals surface area (Å²) in [6.45, 7) is 0. The lowest BCUT2D eigenvalue weighted by molar-refractivity contribution is 0.413. The highest BCUT2D eigenvalue weighted by atomic mass is 15.3. The van der Waals surface area contributed by atoms with Crippen LogP contribution in [0.25, 0.3) is 10.9 Å². The van der Waals surface area contributed by atoms with Gasteiger partial charge in [0.1, 0.15) is 12.1 Å². The van der Waals surface area contributed by atoms with Crippen LogP contribution in [0, 0.1) is 0 Å². The standard InChI is InChI=1S/C15H18N4/c16-10-7-11-5-6-12(8-10)19(11)15-13-3-1-2-4-14(13)17-9-18-15/h1-4,9-12H,5-8,16H2. The van der Waals surface area contributed by atoms with E-state index in [0.29, 0.717) is 18.1 Å². The first-order valence-corrected chi connectivity index (χ1v) is 7.06. The second kappa shape index (κ2) is 4.17. The Kier molecular flexibility index (Phi) is 2.45. The molecule has 2 fully saturated rings. The first-order chi connectivity index (χ1) is 9.33. The second-order valence-electron chi connectivity index (χ2n) is 5.74.